The molecule has 0 saturated carbocycles. The van der Waals surface area contributed by atoms with Crippen LogP contribution in [0.4, 0.5) is 0 Å². The number of ether oxygens (including phenoxy) is 1. The predicted octanol–water partition coefficient (Wildman–Crippen LogP) is -0.116. The van der Waals surface area contributed by atoms with Crippen molar-refractivity contribution in [1.82, 2.24) is 9.29 Å². The van der Waals surface area contributed by atoms with Gasteiger partial charge in [-0.1, -0.05) is 0 Å². The van der Waals surface area contributed by atoms with E-state index in [1.165, 1.54) is 18.2 Å². The highest BCUT2D eigenvalue weighted by Crippen LogP contribution is 2.23. The van der Waals surface area contributed by atoms with Gasteiger partial charge in [-0.15, -0.1) is 0 Å². The number of nitrogens with one attached hydrogen (secondary N) is 1. The summed E-state index contributed by atoms with van der Waals surface area (Å²) < 4.78 is 31.7. The van der Waals surface area contributed by atoms with E-state index in [4.69, 9.17) is 10.00 Å². The van der Waals surface area contributed by atoms with Crippen LogP contribution in [0.5, 0.6) is 0 Å². The molecule has 0 aromatic carbocycles. The molecule has 0 radical (unpaired) electrons. The van der Waals surface area contributed by atoms with Crippen molar-refractivity contribution in [2.24, 2.45) is 0 Å². The molecule has 20 heavy (non-hydrogen) atoms. The van der Waals surface area contributed by atoms with Gasteiger partial charge in [0.05, 0.1) is 13.2 Å². The van der Waals surface area contributed by atoms with Crippen LogP contribution in [-0.4, -0.2) is 44.0 Å². The Kier molecular flexibility index (Phi) is 3.94. The first-order chi connectivity index (χ1) is 9.39. The van der Waals surface area contributed by atoms with E-state index in [-0.39, 0.29) is 34.8 Å². The van der Waals surface area contributed by atoms with Gasteiger partial charge in [0.25, 0.3) is 5.56 Å². The number of aromatic nitrogens is 1. The summed E-state index contributed by atoms with van der Waals surface area (Å²) in [6.07, 6.45) is 0. The Bertz CT molecular complexity index is 724. The van der Waals surface area contributed by atoms with Gasteiger partial charge in [0.15, 0.2) is 0 Å². The molecule has 1 aromatic rings. The molecule has 0 bridgehead atoms. The minimum Gasteiger partial charge on any atom is -0.379 e. The van der Waals surface area contributed by atoms with E-state index in [0.717, 1.165) is 0 Å². The topological polar surface area (TPSA) is 103 Å². The number of nitriles is 1. The van der Waals surface area contributed by atoms with Crippen LogP contribution in [0.1, 0.15) is 16.8 Å². The standard InChI is InChI=1S/C12H15N3O4S/c1-8-10(7-13)12(16)14-9(2)11(8)20(17,18)15-3-5-19-6-4-15/h3-6H2,1-2H3,(H,14,16). The summed E-state index contributed by atoms with van der Waals surface area (Å²) in [4.78, 5) is 14.1. The Morgan fingerprint density at radius 1 is 1.30 bits per heavy atom. The molecule has 108 valence electrons. The molecule has 0 amide bonds. The molecule has 1 saturated heterocycles. The van der Waals surface area contributed by atoms with Gasteiger partial charge in [-0.2, -0.15) is 9.57 Å². The normalized spacial score (nSPS) is 16.9. The van der Waals surface area contributed by atoms with Crippen LogP contribution in [0.15, 0.2) is 9.69 Å². The lowest BCUT2D eigenvalue weighted by atomic mass is 10.1. The van der Waals surface area contributed by atoms with Gasteiger partial charge in [0.1, 0.15) is 16.5 Å². The second kappa shape index (κ2) is 5.36. The summed E-state index contributed by atoms with van der Waals surface area (Å²) in [5.74, 6) is 0. The van der Waals surface area contributed by atoms with E-state index in [0.29, 0.717) is 13.2 Å². The quantitative estimate of drug-likeness (QED) is 0.820. The Morgan fingerprint density at radius 2 is 1.90 bits per heavy atom. The average molecular weight is 297 g/mol. The lowest BCUT2D eigenvalue weighted by Crippen LogP contribution is -2.41. The zero-order valence-electron chi connectivity index (χ0n) is 11.3. The molecule has 8 heteroatoms. The Hall–Kier alpha value is -1.69. The van der Waals surface area contributed by atoms with Crippen molar-refractivity contribution in [2.75, 3.05) is 26.3 Å². The van der Waals surface area contributed by atoms with Crippen LogP contribution in [0.3, 0.4) is 0 Å². The molecule has 2 heterocycles. The van der Waals surface area contributed by atoms with E-state index < -0.39 is 15.6 Å². The minimum absolute atomic E-state index is 0.00977. The minimum atomic E-state index is -3.74. The van der Waals surface area contributed by atoms with Gasteiger partial charge in [0.2, 0.25) is 10.0 Å². The fourth-order valence-corrected chi connectivity index (χ4v) is 4.11. The summed E-state index contributed by atoms with van der Waals surface area (Å²) in [5.41, 5.74) is -0.288. The monoisotopic (exact) mass is 297 g/mol. The second-order valence-electron chi connectivity index (χ2n) is 4.54. The number of aromatic amines is 1. The van der Waals surface area contributed by atoms with Crippen molar-refractivity contribution in [3.63, 3.8) is 0 Å². The van der Waals surface area contributed by atoms with Crippen molar-refractivity contribution in [3.05, 3.63) is 27.2 Å². The Morgan fingerprint density at radius 3 is 2.45 bits per heavy atom. The highest BCUT2D eigenvalue weighted by atomic mass is 32.2. The number of rotatable bonds is 2. The maximum atomic E-state index is 12.6. The molecule has 1 aromatic heterocycles. The lowest BCUT2D eigenvalue weighted by molar-refractivity contribution is 0.0730. The van der Waals surface area contributed by atoms with E-state index in [1.54, 1.807) is 6.07 Å². The Balaban J connectivity index is 2.63. The van der Waals surface area contributed by atoms with Gasteiger partial charge < -0.3 is 9.72 Å². The largest absolute Gasteiger partial charge is 0.379 e. The van der Waals surface area contributed by atoms with Crippen molar-refractivity contribution >= 4 is 10.0 Å². The molecule has 0 atom stereocenters. The number of hydrogen-bond acceptors (Lipinski definition) is 5. The summed E-state index contributed by atoms with van der Waals surface area (Å²) in [6.45, 7) is 4.21. The number of H-pyrrole nitrogens is 1. The molecule has 0 aliphatic carbocycles. The molecule has 7 nitrogen and oxygen atoms in total. The first kappa shape index (κ1) is 14.7. The SMILES string of the molecule is Cc1[nH]c(=O)c(C#N)c(C)c1S(=O)(=O)N1CCOCC1. The van der Waals surface area contributed by atoms with Gasteiger partial charge in [-0.25, -0.2) is 8.42 Å². The zero-order chi connectivity index (χ0) is 14.9. The van der Waals surface area contributed by atoms with Crippen LogP contribution in [0.25, 0.3) is 0 Å². The summed E-state index contributed by atoms with van der Waals surface area (Å²) in [7, 11) is -3.74. The number of aryl methyl sites for hydroxylation is 1. The molecular weight excluding hydrogens is 282 g/mol. The lowest BCUT2D eigenvalue weighted by Gasteiger charge is -2.27. The number of pyridine rings is 1. The third kappa shape index (κ3) is 2.35. The molecular formula is C12H15N3O4S. The van der Waals surface area contributed by atoms with E-state index in [1.807, 2.05) is 0 Å². The molecule has 0 spiro atoms. The number of hydrogen-bond donors (Lipinski definition) is 1. The zero-order valence-corrected chi connectivity index (χ0v) is 12.1. The van der Waals surface area contributed by atoms with Gasteiger partial charge in [-0.3, -0.25) is 4.79 Å². The van der Waals surface area contributed by atoms with Gasteiger partial charge >= 0.3 is 0 Å². The smallest absolute Gasteiger partial charge is 0.266 e. The highest BCUT2D eigenvalue weighted by Gasteiger charge is 2.31. The number of morpholine rings is 1. The maximum absolute atomic E-state index is 12.6. The second-order valence-corrected chi connectivity index (χ2v) is 6.41. The average Bonchev–Trinajstić information content (AvgIpc) is 2.39. The third-order valence-electron chi connectivity index (χ3n) is 3.26. The Labute approximate surface area is 116 Å². The first-order valence-electron chi connectivity index (χ1n) is 6.11. The first-order valence-corrected chi connectivity index (χ1v) is 7.55. The van der Waals surface area contributed by atoms with Crippen molar-refractivity contribution in [3.8, 4) is 6.07 Å². The number of sulfonamides is 1. The van der Waals surface area contributed by atoms with E-state index >= 15 is 0 Å². The van der Waals surface area contributed by atoms with Crippen LogP contribution in [0, 0.1) is 25.2 Å². The molecule has 1 aliphatic rings. The van der Waals surface area contributed by atoms with Gasteiger partial charge in [0, 0.05) is 18.8 Å². The van der Waals surface area contributed by atoms with Crippen LogP contribution < -0.4 is 5.56 Å². The molecule has 1 fully saturated rings. The van der Waals surface area contributed by atoms with Crippen molar-refractivity contribution in [1.29, 1.82) is 5.26 Å². The van der Waals surface area contributed by atoms with Crippen molar-refractivity contribution < 1.29 is 13.2 Å². The van der Waals surface area contributed by atoms with E-state index in [2.05, 4.69) is 4.98 Å². The fourth-order valence-electron chi connectivity index (χ4n) is 2.29. The predicted molar refractivity (Wildman–Crippen MR) is 70.8 cm³/mol. The molecule has 0 unspecified atom stereocenters. The van der Waals surface area contributed by atoms with Crippen LogP contribution in [-0.2, 0) is 14.8 Å². The summed E-state index contributed by atoms with van der Waals surface area (Å²) in [6, 6.07) is 1.75. The summed E-state index contributed by atoms with van der Waals surface area (Å²) in [5, 5.41) is 8.99. The molecule has 1 aliphatic heterocycles. The third-order valence-corrected chi connectivity index (χ3v) is 5.44. The fraction of sp³-hybridized carbons (Fsp3) is 0.500. The molecule has 1 N–H and O–H groups in total. The number of nitrogens with zero attached hydrogens (tertiary/aromatic N) is 2. The summed E-state index contributed by atoms with van der Waals surface area (Å²) >= 11 is 0. The van der Waals surface area contributed by atoms with E-state index in [9.17, 15) is 13.2 Å². The molecule has 2 rings (SSSR count). The highest BCUT2D eigenvalue weighted by molar-refractivity contribution is 7.89. The van der Waals surface area contributed by atoms with Gasteiger partial charge in [-0.05, 0) is 19.4 Å². The van der Waals surface area contributed by atoms with Crippen LogP contribution in [0.2, 0.25) is 0 Å². The maximum Gasteiger partial charge on any atom is 0.266 e. The van der Waals surface area contributed by atoms with Crippen molar-refractivity contribution in [2.45, 2.75) is 18.7 Å². The van der Waals surface area contributed by atoms with Crippen LogP contribution >= 0.6 is 0 Å².